The highest BCUT2D eigenvalue weighted by Gasteiger charge is 2.57. The number of hydrogen-bond acceptors (Lipinski definition) is 13. The van der Waals surface area contributed by atoms with Crippen LogP contribution in [0.2, 0.25) is 0 Å². The minimum absolute atomic E-state index is 0.00854. The van der Waals surface area contributed by atoms with Crippen molar-refractivity contribution in [1.82, 2.24) is 15.1 Å². The standard InChI is InChI=1S/C37H45ClN4O10/c1-9-10-47-36(44)52-31-20(3)32-34(51-18-50-32)28-22(31)13-24-29-27-21(11-19(2)30(46-8)33(27)49-17-45-7)12-23(41(29)6)25(14-39)42(24)26(28)15-40-35(43)48-16-37(4,5)38/h9,11,23-26,29H,1,10,12-13,15-18H2,2-8H3,(H,40,43)/t23-,24?,25-,26-,29+/m0/s1. The van der Waals surface area contributed by atoms with Crippen LogP contribution in [0.25, 0.3) is 0 Å². The summed E-state index contributed by atoms with van der Waals surface area (Å²) in [6.45, 7) is 10.7. The molecule has 0 aliphatic carbocycles. The Bertz CT molecular complexity index is 1790. The lowest BCUT2D eigenvalue weighted by Gasteiger charge is -2.60. The maximum Gasteiger partial charge on any atom is 0.514 e. The maximum atomic E-state index is 13.1. The average molecular weight is 741 g/mol. The lowest BCUT2D eigenvalue weighted by molar-refractivity contribution is -0.0731. The Morgan fingerprint density at radius 2 is 1.87 bits per heavy atom. The molecule has 4 aliphatic heterocycles. The second-order valence-corrected chi connectivity index (χ2v) is 14.9. The SMILES string of the molecule is C=CCOC(=O)Oc1c(C)c2c(c3c1CC1[C@@H]4c5c(cc(C)c(OC)c5OCOC)C[C@@H]([C@H](C#N)N1[C@H]3CNC(=O)OCC(C)(C)Cl)N4C)OCO2. The molecule has 15 heteroatoms. The third kappa shape index (κ3) is 6.67. The molecule has 0 saturated carbocycles. The van der Waals surface area contributed by atoms with E-state index in [4.69, 9.17) is 49.5 Å². The smallest absolute Gasteiger partial charge is 0.493 e. The summed E-state index contributed by atoms with van der Waals surface area (Å²) in [4.78, 5) is 29.8. The average Bonchev–Trinajstić information content (AvgIpc) is 3.59. The van der Waals surface area contributed by atoms with Gasteiger partial charge in [-0.15, -0.1) is 11.6 Å². The van der Waals surface area contributed by atoms with Gasteiger partial charge in [0.1, 0.15) is 25.0 Å². The summed E-state index contributed by atoms with van der Waals surface area (Å²) in [6.07, 6.45) is 0.724. The number of halogens is 1. The normalized spacial score (nSPS) is 22.9. The number of alkyl halides is 1. The molecule has 280 valence electrons. The third-order valence-corrected chi connectivity index (χ3v) is 10.2. The first-order valence-electron chi connectivity index (χ1n) is 17.1. The van der Waals surface area contributed by atoms with Gasteiger partial charge in [-0.05, 0) is 58.7 Å². The fourth-order valence-electron chi connectivity index (χ4n) is 8.11. The van der Waals surface area contributed by atoms with Crippen LogP contribution in [0.1, 0.15) is 59.3 Å². The van der Waals surface area contributed by atoms with E-state index in [2.05, 4.69) is 33.8 Å². The largest absolute Gasteiger partial charge is 0.514 e. The molecule has 14 nitrogen and oxygen atoms in total. The van der Waals surface area contributed by atoms with Gasteiger partial charge < -0.3 is 43.2 Å². The quantitative estimate of drug-likeness (QED) is 0.105. The predicted molar refractivity (Wildman–Crippen MR) is 188 cm³/mol. The van der Waals surface area contributed by atoms with Crippen molar-refractivity contribution >= 4 is 23.8 Å². The molecule has 0 aromatic heterocycles. The number of carbonyl (C=O) groups is 2. The first-order valence-corrected chi connectivity index (χ1v) is 17.4. The summed E-state index contributed by atoms with van der Waals surface area (Å²) in [5.74, 6) is 2.27. The maximum absolute atomic E-state index is 13.1. The minimum Gasteiger partial charge on any atom is -0.493 e. The summed E-state index contributed by atoms with van der Waals surface area (Å²) in [6, 6.07) is 2.42. The van der Waals surface area contributed by atoms with Crippen LogP contribution in [-0.2, 0) is 27.1 Å². The highest BCUT2D eigenvalue weighted by molar-refractivity contribution is 6.23. The van der Waals surface area contributed by atoms with E-state index in [0.717, 1.165) is 16.7 Å². The molecule has 6 rings (SSSR count). The Kier molecular flexibility index (Phi) is 10.7. The molecule has 0 spiro atoms. The van der Waals surface area contributed by atoms with Crippen LogP contribution in [0.5, 0.6) is 28.7 Å². The van der Waals surface area contributed by atoms with Crippen LogP contribution in [0.3, 0.4) is 0 Å². The van der Waals surface area contributed by atoms with Gasteiger partial charge in [0.25, 0.3) is 0 Å². The van der Waals surface area contributed by atoms with Gasteiger partial charge in [-0.25, -0.2) is 9.59 Å². The van der Waals surface area contributed by atoms with Crippen molar-refractivity contribution in [3.63, 3.8) is 0 Å². The number of aryl methyl sites for hydroxylation is 1. The second kappa shape index (κ2) is 14.9. The zero-order valence-electron chi connectivity index (χ0n) is 30.5. The van der Waals surface area contributed by atoms with Crippen molar-refractivity contribution < 1.29 is 47.5 Å². The topological polar surface area (TPSA) is 150 Å². The molecule has 4 aliphatic rings. The van der Waals surface area contributed by atoms with Crippen LogP contribution in [0.4, 0.5) is 9.59 Å². The van der Waals surface area contributed by atoms with E-state index in [-0.39, 0.29) is 51.2 Å². The number of methoxy groups -OCH3 is 2. The number of alkyl carbamates (subject to hydrolysis) is 1. The van der Waals surface area contributed by atoms with Crippen molar-refractivity contribution in [3.05, 3.63) is 52.1 Å². The number of nitrogens with zero attached hydrogens (tertiary/aromatic N) is 3. The fourth-order valence-corrected chi connectivity index (χ4v) is 8.17. The molecule has 2 bridgehead atoms. The molecule has 1 amide bonds. The number of nitrogens with one attached hydrogen (secondary N) is 1. The predicted octanol–water partition coefficient (Wildman–Crippen LogP) is 5.24. The number of piperazine rings is 1. The van der Waals surface area contributed by atoms with E-state index in [1.165, 1.54) is 6.08 Å². The number of carbonyl (C=O) groups excluding carboxylic acids is 2. The molecule has 4 heterocycles. The summed E-state index contributed by atoms with van der Waals surface area (Å²) in [5.41, 5.74) is 4.70. The first kappa shape index (κ1) is 37.3. The van der Waals surface area contributed by atoms with E-state index in [1.54, 1.807) is 35.0 Å². The number of nitriles is 1. The van der Waals surface area contributed by atoms with Crippen molar-refractivity contribution in [1.29, 1.82) is 5.26 Å². The van der Waals surface area contributed by atoms with Crippen LogP contribution in [-0.4, -0.2) is 99.7 Å². The fraction of sp³-hybridized carbons (Fsp3) is 0.541. The van der Waals surface area contributed by atoms with Gasteiger partial charge in [0.2, 0.25) is 6.79 Å². The molecule has 2 aromatic carbocycles. The zero-order chi connectivity index (χ0) is 37.5. The molecule has 0 radical (unpaired) electrons. The number of likely N-dealkylation sites (N-methyl/N-ethyl adjacent to an activating group) is 1. The second-order valence-electron chi connectivity index (χ2n) is 13.9. The summed E-state index contributed by atoms with van der Waals surface area (Å²) >= 11 is 6.31. The Balaban J connectivity index is 1.55. The molecule has 1 saturated heterocycles. The Hall–Kier alpha value is -4.42. The van der Waals surface area contributed by atoms with Crippen molar-refractivity contribution in [3.8, 4) is 34.8 Å². The number of fused-ring (bicyclic) bond motifs is 9. The lowest BCUT2D eigenvalue weighted by Crippen LogP contribution is -2.68. The van der Waals surface area contributed by atoms with Gasteiger partial charge in [-0.2, -0.15) is 5.26 Å². The Morgan fingerprint density at radius 3 is 2.54 bits per heavy atom. The molecule has 5 atom stereocenters. The number of benzene rings is 2. The van der Waals surface area contributed by atoms with E-state index < -0.39 is 35.2 Å². The molecular formula is C37H45ClN4O10. The van der Waals surface area contributed by atoms with E-state index in [1.807, 2.05) is 14.0 Å². The third-order valence-electron chi connectivity index (χ3n) is 10.1. The van der Waals surface area contributed by atoms with Crippen molar-refractivity contribution in [2.45, 2.75) is 75.6 Å². The van der Waals surface area contributed by atoms with Gasteiger partial charge in [-0.1, -0.05) is 18.7 Å². The van der Waals surface area contributed by atoms with E-state index >= 15 is 0 Å². The first-order chi connectivity index (χ1) is 24.8. The van der Waals surface area contributed by atoms with E-state index in [0.29, 0.717) is 52.5 Å². The molecule has 1 N–H and O–H groups in total. The number of hydrogen-bond donors (Lipinski definition) is 1. The molecular weight excluding hydrogens is 696 g/mol. The number of ether oxygens (including phenoxy) is 8. The van der Waals surface area contributed by atoms with Crippen LogP contribution in [0, 0.1) is 25.2 Å². The minimum atomic E-state index is -0.914. The highest BCUT2D eigenvalue weighted by Crippen LogP contribution is 2.58. The van der Waals surface area contributed by atoms with E-state index in [9.17, 15) is 14.9 Å². The van der Waals surface area contributed by atoms with Gasteiger partial charge in [0, 0.05) is 48.0 Å². The molecule has 52 heavy (non-hydrogen) atoms. The van der Waals surface area contributed by atoms with Crippen molar-refractivity contribution in [2.24, 2.45) is 0 Å². The molecule has 1 fully saturated rings. The summed E-state index contributed by atoms with van der Waals surface area (Å²) in [5, 5.41) is 13.9. The van der Waals surface area contributed by atoms with Gasteiger partial charge in [-0.3, -0.25) is 9.80 Å². The Labute approximate surface area is 308 Å². The number of rotatable bonds is 11. The molecule has 1 unspecified atom stereocenters. The summed E-state index contributed by atoms with van der Waals surface area (Å²) in [7, 11) is 5.17. The van der Waals surface area contributed by atoms with Crippen LogP contribution in [0.15, 0.2) is 18.7 Å². The lowest BCUT2D eigenvalue weighted by atomic mass is 9.71. The van der Waals surface area contributed by atoms with Crippen LogP contribution >= 0.6 is 11.6 Å². The van der Waals surface area contributed by atoms with Crippen molar-refractivity contribution in [2.75, 3.05) is 54.6 Å². The molecule has 2 aromatic rings. The van der Waals surface area contributed by atoms with Crippen LogP contribution < -0.4 is 29.0 Å². The monoisotopic (exact) mass is 740 g/mol. The van der Waals surface area contributed by atoms with Gasteiger partial charge >= 0.3 is 12.2 Å². The zero-order valence-corrected chi connectivity index (χ0v) is 31.3. The summed E-state index contributed by atoms with van der Waals surface area (Å²) < 4.78 is 46.2. The Morgan fingerprint density at radius 1 is 1.12 bits per heavy atom. The number of amides is 1. The highest BCUT2D eigenvalue weighted by atomic mass is 35.5. The van der Waals surface area contributed by atoms with Gasteiger partial charge in [0.05, 0.1) is 30.1 Å². The van der Waals surface area contributed by atoms with Gasteiger partial charge in [0.15, 0.2) is 29.8 Å².